The molecule has 6 rings (SSSR count). The lowest BCUT2D eigenvalue weighted by atomic mass is 10.0. The Morgan fingerprint density at radius 3 is 2.80 bits per heavy atom. The van der Waals surface area contributed by atoms with Gasteiger partial charge < -0.3 is 14.8 Å². The third-order valence-corrected chi connectivity index (χ3v) is 7.72. The number of carbonyl (C=O) groups is 1. The van der Waals surface area contributed by atoms with E-state index in [4.69, 9.17) is 9.97 Å². The van der Waals surface area contributed by atoms with Gasteiger partial charge in [0.25, 0.3) is 5.91 Å². The number of hydrogen-bond acceptors (Lipinski definition) is 7. The molecule has 1 amide bonds. The standard InChI is InChI=1S/C26H32N8O/c1-16-7-6-12-32(16)23-13-17-18(20(29-23)14-27-4)15-33(25(17)35)21-9-5-8-19(28-21)24-31-30-22-10-11-26(2,3)34(22)24/h5,8-9,13,16,27H,6-7,10-12,14-15H2,1-4H3. The maximum Gasteiger partial charge on any atom is 0.260 e. The summed E-state index contributed by atoms with van der Waals surface area (Å²) in [7, 11) is 1.91. The predicted octanol–water partition coefficient (Wildman–Crippen LogP) is 3.28. The van der Waals surface area contributed by atoms with Crippen LogP contribution in [-0.2, 0) is 25.0 Å². The van der Waals surface area contributed by atoms with Crippen LogP contribution in [0.3, 0.4) is 0 Å². The average molecular weight is 473 g/mol. The molecule has 3 aliphatic heterocycles. The van der Waals surface area contributed by atoms with Crippen LogP contribution < -0.4 is 15.1 Å². The predicted molar refractivity (Wildman–Crippen MR) is 134 cm³/mol. The van der Waals surface area contributed by atoms with Crippen LogP contribution >= 0.6 is 0 Å². The van der Waals surface area contributed by atoms with Crippen molar-refractivity contribution in [2.45, 2.75) is 71.1 Å². The molecule has 9 heteroatoms. The highest BCUT2D eigenvalue weighted by Gasteiger charge is 2.36. The van der Waals surface area contributed by atoms with Gasteiger partial charge in [-0.3, -0.25) is 9.69 Å². The van der Waals surface area contributed by atoms with Crippen molar-refractivity contribution in [3.63, 3.8) is 0 Å². The number of amides is 1. The molecule has 35 heavy (non-hydrogen) atoms. The highest BCUT2D eigenvalue weighted by atomic mass is 16.2. The fraction of sp³-hybridized carbons (Fsp3) is 0.500. The molecule has 1 fully saturated rings. The lowest BCUT2D eigenvalue weighted by Crippen LogP contribution is -2.28. The molecule has 3 aromatic heterocycles. The molecule has 0 spiro atoms. The van der Waals surface area contributed by atoms with E-state index < -0.39 is 0 Å². The van der Waals surface area contributed by atoms with Gasteiger partial charge in [-0.1, -0.05) is 6.07 Å². The van der Waals surface area contributed by atoms with Gasteiger partial charge in [0.2, 0.25) is 0 Å². The molecular formula is C26H32N8O. The summed E-state index contributed by atoms with van der Waals surface area (Å²) in [5.74, 6) is 3.26. The van der Waals surface area contributed by atoms with Crippen molar-refractivity contribution < 1.29 is 4.79 Å². The Bertz CT molecular complexity index is 1310. The Morgan fingerprint density at radius 2 is 2.03 bits per heavy atom. The minimum Gasteiger partial charge on any atom is -0.354 e. The normalized spacial score (nSPS) is 20.6. The van der Waals surface area contributed by atoms with E-state index in [2.05, 4.69) is 45.8 Å². The van der Waals surface area contributed by atoms with Crippen LogP contribution in [0.5, 0.6) is 0 Å². The van der Waals surface area contributed by atoms with Crippen molar-refractivity contribution in [2.75, 3.05) is 23.4 Å². The van der Waals surface area contributed by atoms with Gasteiger partial charge in [0.05, 0.1) is 17.8 Å². The number of pyridine rings is 2. The van der Waals surface area contributed by atoms with Crippen molar-refractivity contribution in [3.05, 3.63) is 46.9 Å². The van der Waals surface area contributed by atoms with Gasteiger partial charge in [-0.15, -0.1) is 10.2 Å². The van der Waals surface area contributed by atoms with Gasteiger partial charge in [-0.2, -0.15) is 0 Å². The molecule has 0 bridgehead atoms. The smallest absolute Gasteiger partial charge is 0.260 e. The summed E-state index contributed by atoms with van der Waals surface area (Å²) in [6.07, 6.45) is 4.25. The quantitative estimate of drug-likeness (QED) is 0.609. The minimum absolute atomic E-state index is 0.0238. The maximum absolute atomic E-state index is 13.7. The monoisotopic (exact) mass is 472 g/mol. The summed E-state index contributed by atoms with van der Waals surface area (Å²) in [5, 5.41) is 12.1. The molecule has 182 valence electrons. The zero-order valence-corrected chi connectivity index (χ0v) is 20.9. The summed E-state index contributed by atoms with van der Waals surface area (Å²) in [6.45, 7) is 8.70. The van der Waals surface area contributed by atoms with Crippen LogP contribution in [0.25, 0.3) is 11.5 Å². The number of anilines is 2. The first-order chi connectivity index (χ1) is 16.9. The molecule has 1 N–H and O–H groups in total. The van der Waals surface area contributed by atoms with Crippen molar-refractivity contribution in [3.8, 4) is 11.5 Å². The molecule has 9 nitrogen and oxygen atoms in total. The van der Waals surface area contributed by atoms with Crippen LogP contribution in [0, 0.1) is 0 Å². The summed E-state index contributed by atoms with van der Waals surface area (Å²) in [6, 6.07) is 8.21. The van der Waals surface area contributed by atoms with Gasteiger partial charge in [0, 0.05) is 36.7 Å². The molecule has 3 aliphatic rings. The van der Waals surface area contributed by atoms with Gasteiger partial charge in [-0.05, 0) is 65.3 Å². The zero-order chi connectivity index (χ0) is 24.3. The number of aromatic nitrogens is 5. The van der Waals surface area contributed by atoms with Crippen molar-refractivity contribution in [1.82, 2.24) is 30.0 Å². The molecule has 1 unspecified atom stereocenters. The number of nitrogens with one attached hydrogen (secondary N) is 1. The largest absolute Gasteiger partial charge is 0.354 e. The van der Waals surface area contributed by atoms with E-state index in [0.29, 0.717) is 24.9 Å². The lowest BCUT2D eigenvalue weighted by molar-refractivity contribution is 0.0996. The average Bonchev–Trinajstić information content (AvgIpc) is 3.60. The third kappa shape index (κ3) is 3.52. The van der Waals surface area contributed by atoms with Gasteiger partial charge in [0.1, 0.15) is 23.2 Å². The molecule has 3 aromatic rings. The van der Waals surface area contributed by atoms with E-state index >= 15 is 0 Å². The summed E-state index contributed by atoms with van der Waals surface area (Å²) >= 11 is 0. The number of nitrogens with zero attached hydrogens (tertiary/aromatic N) is 7. The molecule has 6 heterocycles. The Balaban J connectivity index is 1.37. The molecular weight excluding hydrogens is 440 g/mol. The summed E-state index contributed by atoms with van der Waals surface area (Å²) < 4.78 is 2.19. The fourth-order valence-electron chi connectivity index (χ4n) is 5.78. The number of hydrogen-bond donors (Lipinski definition) is 1. The van der Waals surface area contributed by atoms with E-state index in [9.17, 15) is 4.79 Å². The number of carbonyl (C=O) groups excluding carboxylic acids is 1. The van der Waals surface area contributed by atoms with Crippen molar-refractivity contribution >= 4 is 17.5 Å². The van der Waals surface area contributed by atoms with Crippen LogP contribution in [0.15, 0.2) is 24.3 Å². The van der Waals surface area contributed by atoms with Crippen molar-refractivity contribution in [2.24, 2.45) is 0 Å². The first-order valence-corrected chi connectivity index (χ1v) is 12.6. The Labute approximate surface area is 205 Å². The fourth-order valence-corrected chi connectivity index (χ4v) is 5.78. The van der Waals surface area contributed by atoms with Crippen LogP contribution in [0.1, 0.15) is 67.5 Å². The SMILES string of the molecule is CNCc1nc(N2CCCC2C)cc2c1CN(c1cccc(-c3nnc4n3C(C)(C)CC4)n1)C2=O. The minimum atomic E-state index is -0.0532. The number of fused-ring (bicyclic) bond motifs is 2. The van der Waals surface area contributed by atoms with Crippen molar-refractivity contribution in [1.29, 1.82) is 0 Å². The summed E-state index contributed by atoms with van der Waals surface area (Å²) in [4.78, 5) is 27.6. The number of aryl methyl sites for hydroxylation is 1. The highest BCUT2D eigenvalue weighted by molar-refractivity contribution is 6.10. The highest BCUT2D eigenvalue weighted by Crippen LogP contribution is 2.37. The lowest BCUT2D eigenvalue weighted by Gasteiger charge is -2.24. The van der Waals surface area contributed by atoms with E-state index in [0.717, 1.165) is 72.2 Å². The first kappa shape index (κ1) is 22.2. The molecule has 1 saturated heterocycles. The second-order valence-electron chi connectivity index (χ2n) is 10.5. The Hall–Kier alpha value is -3.33. The molecule has 0 radical (unpaired) electrons. The van der Waals surface area contributed by atoms with Crippen LogP contribution in [0.2, 0.25) is 0 Å². The first-order valence-electron chi connectivity index (χ1n) is 12.6. The van der Waals surface area contributed by atoms with E-state index in [1.807, 2.05) is 31.3 Å². The summed E-state index contributed by atoms with van der Waals surface area (Å²) in [5.41, 5.74) is 3.33. The zero-order valence-electron chi connectivity index (χ0n) is 20.9. The maximum atomic E-state index is 13.7. The van der Waals surface area contributed by atoms with Gasteiger partial charge >= 0.3 is 0 Å². The van der Waals surface area contributed by atoms with E-state index in [1.165, 1.54) is 0 Å². The van der Waals surface area contributed by atoms with Gasteiger partial charge in [-0.25, -0.2) is 9.97 Å². The third-order valence-electron chi connectivity index (χ3n) is 7.72. The number of rotatable bonds is 5. The van der Waals surface area contributed by atoms with Gasteiger partial charge in [0.15, 0.2) is 5.82 Å². The molecule has 0 saturated carbocycles. The van der Waals surface area contributed by atoms with E-state index in [-0.39, 0.29) is 11.4 Å². The topological polar surface area (TPSA) is 92.1 Å². The molecule has 0 aromatic carbocycles. The van der Waals surface area contributed by atoms with Crippen LogP contribution in [-0.4, -0.2) is 50.3 Å². The molecule has 0 aliphatic carbocycles. The Kier molecular flexibility index (Phi) is 5.14. The second-order valence-corrected chi connectivity index (χ2v) is 10.5. The second kappa shape index (κ2) is 8.12. The van der Waals surface area contributed by atoms with E-state index in [1.54, 1.807) is 4.90 Å². The molecule has 1 atom stereocenters. The Morgan fingerprint density at radius 1 is 1.17 bits per heavy atom. The van der Waals surface area contributed by atoms with Crippen LogP contribution in [0.4, 0.5) is 11.6 Å².